The molecular formula is C9H4ClF5N2. The van der Waals surface area contributed by atoms with Crippen LogP contribution in [0.3, 0.4) is 0 Å². The monoisotopic (exact) mass is 270 g/mol. The zero-order valence-corrected chi connectivity index (χ0v) is 8.78. The summed E-state index contributed by atoms with van der Waals surface area (Å²) in [5.74, 6) is 0. The van der Waals surface area contributed by atoms with E-state index in [0.29, 0.717) is 6.07 Å². The van der Waals surface area contributed by atoms with Gasteiger partial charge in [0.1, 0.15) is 5.69 Å². The van der Waals surface area contributed by atoms with E-state index in [1.54, 1.807) is 6.07 Å². The van der Waals surface area contributed by atoms with Crippen molar-refractivity contribution in [2.45, 2.75) is 19.0 Å². The quantitative estimate of drug-likeness (QED) is 0.767. The van der Waals surface area contributed by atoms with E-state index in [0.717, 1.165) is 0 Å². The van der Waals surface area contributed by atoms with Crippen molar-refractivity contribution in [2.24, 2.45) is 0 Å². The van der Waals surface area contributed by atoms with Gasteiger partial charge in [-0.2, -0.15) is 18.4 Å². The fourth-order valence-corrected chi connectivity index (χ4v) is 1.44. The molecule has 1 rings (SSSR count). The second-order valence-electron chi connectivity index (χ2n) is 3.00. The molecule has 0 saturated carbocycles. The van der Waals surface area contributed by atoms with Crippen molar-refractivity contribution in [1.29, 1.82) is 5.26 Å². The average Bonchev–Trinajstić information content (AvgIpc) is 2.15. The molecule has 8 heteroatoms. The SMILES string of the molecule is N#CCc1cc(Cl)c(C(F)(F)F)nc1C(F)F. The molecule has 0 aromatic carbocycles. The van der Waals surface area contributed by atoms with Crippen molar-refractivity contribution in [3.05, 3.63) is 28.0 Å². The fourth-order valence-electron chi connectivity index (χ4n) is 1.16. The normalized spacial score (nSPS) is 11.6. The number of halogens is 6. The van der Waals surface area contributed by atoms with E-state index in [-0.39, 0.29) is 5.56 Å². The molecule has 0 spiro atoms. The molecule has 0 amide bonds. The molecule has 0 bridgehead atoms. The summed E-state index contributed by atoms with van der Waals surface area (Å²) < 4.78 is 62.0. The number of rotatable bonds is 2. The maximum Gasteiger partial charge on any atom is 0.434 e. The maximum absolute atomic E-state index is 12.5. The summed E-state index contributed by atoms with van der Waals surface area (Å²) in [4.78, 5) is 2.80. The molecule has 0 saturated heterocycles. The molecule has 0 fully saturated rings. The molecule has 1 aromatic heterocycles. The van der Waals surface area contributed by atoms with E-state index in [9.17, 15) is 22.0 Å². The average molecular weight is 271 g/mol. The van der Waals surface area contributed by atoms with Crippen LogP contribution in [0.15, 0.2) is 6.07 Å². The molecule has 0 aliphatic carbocycles. The molecule has 0 aliphatic rings. The third-order valence-corrected chi connectivity index (χ3v) is 2.12. The lowest BCUT2D eigenvalue weighted by Gasteiger charge is -2.12. The van der Waals surface area contributed by atoms with E-state index in [2.05, 4.69) is 4.98 Å². The van der Waals surface area contributed by atoms with E-state index < -0.39 is 35.4 Å². The first-order valence-electron chi connectivity index (χ1n) is 4.19. The summed E-state index contributed by atoms with van der Waals surface area (Å²) in [6, 6.07) is 2.25. The highest BCUT2D eigenvalue weighted by Crippen LogP contribution is 2.36. The minimum Gasteiger partial charge on any atom is -0.240 e. The van der Waals surface area contributed by atoms with Crippen LogP contribution in [-0.4, -0.2) is 4.98 Å². The Labute approximate surface area is 97.6 Å². The van der Waals surface area contributed by atoms with Gasteiger partial charge < -0.3 is 0 Å². The minimum atomic E-state index is -4.91. The lowest BCUT2D eigenvalue weighted by molar-refractivity contribution is -0.141. The number of nitriles is 1. The Bertz CT molecular complexity index is 464. The standard InChI is InChI=1S/C9H4ClF5N2/c10-5-3-4(1-2-16)6(8(11)12)17-7(5)9(13,14)15/h3,8H,1H2. The van der Waals surface area contributed by atoms with Crippen LogP contribution in [0.5, 0.6) is 0 Å². The summed E-state index contributed by atoms with van der Waals surface area (Å²) in [5, 5.41) is 7.56. The Hall–Kier alpha value is -1.42. The van der Waals surface area contributed by atoms with Gasteiger partial charge in [0.2, 0.25) is 0 Å². The number of hydrogen-bond acceptors (Lipinski definition) is 2. The van der Waals surface area contributed by atoms with Crippen LogP contribution in [0.25, 0.3) is 0 Å². The lowest BCUT2D eigenvalue weighted by atomic mass is 10.1. The fraction of sp³-hybridized carbons (Fsp3) is 0.333. The molecule has 0 unspecified atom stereocenters. The van der Waals surface area contributed by atoms with Crippen LogP contribution in [0.1, 0.15) is 23.4 Å². The highest BCUT2D eigenvalue weighted by molar-refractivity contribution is 6.31. The highest BCUT2D eigenvalue weighted by Gasteiger charge is 2.37. The van der Waals surface area contributed by atoms with E-state index in [1.165, 1.54) is 0 Å². The minimum absolute atomic E-state index is 0.305. The van der Waals surface area contributed by atoms with Gasteiger partial charge in [-0.3, -0.25) is 0 Å². The van der Waals surface area contributed by atoms with E-state index >= 15 is 0 Å². The first-order chi connectivity index (χ1) is 7.77. The molecule has 0 aliphatic heterocycles. The van der Waals surface area contributed by atoms with Crippen LogP contribution >= 0.6 is 11.6 Å². The van der Waals surface area contributed by atoms with Gasteiger partial charge in [0.05, 0.1) is 17.5 Å². The summed E-state index contributed by atoms with van der Waals surface area (Å²) in [6.45, 7) is 0. The van der Waals surface area contributed by atoms with Gasteiger partial charge in [-0.15, -0.1) is 0 Å². The predicted octanol–water partition coefficient (Wildman–Crippen LogP) is 3.76. The molecule has 0 atom stereocenters. The van der Waals surface area contributed by atoms with Crippen LogP contribution in [0.4, 0.5) is 22.0 Å². The van der Waals surface area contributed by atoms with E-state index in [4.69, 9.17) is 16.9 Å². The number of hydrogen-bond donors (Lipinski definition) is 0. The summed E-state index contributed by atoms with van der Waals surface area (Å²) in [7, 11) is 0. The molecule has 92 valence electrons. The van der Waals surface area contributed by atoms with Gasteiger partial charge >= 0.3 is 6.18 Å². The zero-order chi connectivity index (χ0) is 13.2. The smallest absolute Gasteiger partial charge is 0.240 e. The molecule has 2 nitrogen and oxygen atoms in total. The first-order valence-corrected chi connectivity index (χ1v) is 4.56. The number of aromatic nitrogens is 1. The summed E-state index contributed by atoms with van der Waals surface area (Å²) in [6.07, 6.45) is -8.59. The van der Waals surface area contributed by atoms with Gasteiger partial charge in [0.25, 0.3) is 6.43 Å². The van der Waals surface area contributed by atoms with Crippen molar-refractivity contribution in [3.8, 4) is 6.07 Å². The Morgan fingerprint density at radius 2 is 2.00 bits per heavy atom. The van der Waals surface area contributed by atoms with Gasteiger partial charge in [-0.25, -0.2) is 13.8 Å². The van der Waals surface area contributed by atoms with Crippen LogP contribution in [0, 0.1) is 11.3 Å². The third-order valence-electron chi connectivity index (χ3n) is 1.83. The number of alkyl halides is 5. The molecule has 1 aromatic rings. The second-order valence-corrected chi connectivity index (χ2v) is 3.40. The Morgan fingerprint density at radius 3 is 2.41 bits per heavy atom. The molecule has 0 radical (unpaired) electrons. The molecule has 1 heterocycles. The molecular weight excluding hydrogens is 267 g/mol. The van der Waals surface area contributed by atoms with Crippen molar-refractivity contribution < 1.29 is 22.0 Å². The maximum atomic E-state index is 12.5. The first kappa shape index (κ1) is 13.6. The summed E-state index contributed by atoms with van der Waals surface area (Å²) >= 11 is 5.29. The van der Waals surface area contributed by atoms with Gasteiger partial charge in [0, 0.05) is 0 Å². The molecule has 17 heavy (non-hydrogen) atoms. The highest BCUT2D eigenvalue weighted by atomic mass is 35.5. The lowest BCUT2D eigenvalue weighted by Crippen LogP contribution is -2.12. The zero-order valence-electron chi connectivity index (χ0n) is 8.02. The number of nitrogens with zero attached hydrogens (tertiary/aromatic N) is 2. The van der Waals surface area contributed by atoms with Gasteiger partial charge in [-0.05, 0) is 11.6 Å². The van der Waals surface area contributed by atoms with Crippen molar-refractivity contribution in [2.75, 3.05) is 0 Å². The molecule has 0 N–H and O–H groups in total. The van der Waals surface area contributed by atoms with Crippen LogP contribution < -0.4 is 0 Å². The van der Waals surface area contributed by atoms with E-state index in [1.807, 2.05) is 0 Å². The van der Waals surface area contributed by atoms with Crippen molar-refractivity contribution in [3.63, 3.8) is 0 Å². The Balaban J connectivity index is 3.41. The van der Waals surface area contributed by atoms with Crippen molar-refractivity contribution in [1.82, 2.24) is 4.98 Å². The Kier molecular flexibility index (Phi) is 3.88. The second kappa shape index (κ2) is 4.84. The van der Waals surface area contributed by atoms with Crippen LogP contribution in [-0.2, 0) is 12.6 Å². The third kappa shape index (κ3) is 3.03. The predicted molar refractivity (Wildman–Crippen MR) is 48.5 cm³/mol. The topological polar surface area (TPSA) is 36.7 Å². The van der Waals surface area contributed by atoms with Gasteiger partial charge in [0.15, 0.2) is 5.69 Å². The van der Waals surface area contributed by atoms with Crippen molar-refractivity contribution >= 4 is 11.6 Å². The Morgan fingerprint density at radius 1 is 1.41 bits per heavy atom. The largest absolute Gasteiger partial charge is 0.434 e. The van der Waals surface area contributed by atoms with Crippen LogP contribution in [0.2, 0.25) is 5.02 Å². The van der Waals surface area contributed by atoms with Gasteiger partial charge in [-0.1, -0.05) is 11.6 Å². The summed E-state index contributed by atoms with van der Waals surface area (Å²) in [5.41, 5.74) is -2.94. The number of pyridine rings is 1.